The summed E-state index contributed by atoms with van der Waals surface area (Å²) in [5.41, 5.74) is 1.63. The average molecular weight is 340 g/mol. The number of aromatic nitrogens is 4. The fourth-order valence-electron chi connectivity index (χ4n) is 1.93. The van der Waals surface area contributed by atoms with Gasteiger partial charge in [0.2, 0.25) is 0 Å². The summed E-state index contributed by atoms with van der Waals surface area (Å²) in [7, 11) is 0. The second-order valence-electron chi connectivity index (χ2n) is 6.40. The smallest absolute Gasteiger partial charge is 0.340 e. The van der Waals surface area contributed by atoms with Crippen LogP contribution in [0.3, 0.4) is 0 Å². The molecular formula is C15H22ClN5O2. The van der Waals surface area contributed by atoms with Crippen LogP contribution in [0.5, 0.6) is 6.01 Å². The molecule has 1 aromatic heterocycles. The van der Waals surface area contributed by atoms with E-state index in [2.05, 4.69) is 20.8 Å². The van der Waals surface area contributed by atoms with Crippen LogP contribution in [0.25, 0.3) is 5.69 Å². The zero-order valence-electron chi connectivity index (χ0n) is 13.7. The molecule has 0 spiro atoms. The van der Waals surface area contributed by atoms with Crippen LogP contribution in [0.2, 0.25) is 5.02 Å². The Kier molecular flexibility index (Phi) is 5.56. The average Bonchev–Trinajstić information content (AvgIpc) is 2.90. The van der Waals surface area contributed by atoms with Crippen molar-refractivity contribution in [3.05, 3.63) is 28.8 Å². The van der Waals surface area contributed by atoms with Crippen molar-refractivity contribution in [1.82, 2.24) is 25.5 Å². The van der Waals surface area contributed by atoms with E-state index in [1.165, 1.54) is 4.68 Å². The second-order valence-corrected chi connectivity index (χ2v) is 6.84. The van der Waals surface area contributed by atoms with E-state index < -0.39 is 6.10 Å². The van der Waals surface area contributed by atoms with Gasteiger partial charge in [0.25, 0.3) is 0 Å². The molecule has 1 aromatic carbocycles. The van der Waals surface area contributed by atoms with E-state index in [0.717, 1.165) is 11.3 Å². The van der Waals surface area contributed by atoms with Crippen molar-refractivity contribution in [2.45, 2.75) is 39.3 Å². The molecule has 0 fully saturated rings. The minimum atomic E-state index is -0.661. The summed E-state index contributed by atoms with van der Waals surface area (Å²) in [4.78, 5) is 0. The van der Waals surface area contributed by atoms with Gasteiger partial charge in [0, 0.05) is 17.1 Å². The highest BCUT2D eigenvalue weighted by Gasteiger charge is 2.16. The first kappa shape index (κ1) is 17.7. The number of rotatable bonds is 6. The van der Waals surface area contributed by atoms with Gasteiger partial charge in [-0.1, -0.05) is 16.7 Å². The number of aliphatic hydroxyl groups excluding tert-OH is 1. The third-order valence-corrected chi connectivity index (χ3v) is 3.34. The number of nitrogens with zero attached hydrogens (tertiary/aromatic N) is 4. The largest absolute Gasteiger partial charge is 0.459 e. The van der Waals surface area contributed by atoms with Gasteiger partial charge in [-0.05, 0) is 61.9 Å². The highest BCUT2D eigenvalue weighted by Crippen LogP contribution is 2.21. The van der Waals surface area contributed by atoms with E-state index in [1.807, 2.05) is 39.8 Å². The second kappa shape index (κ2) is 7.25. The Labute approximate surface area is 140 Å². The van der Waals surface area contributed by atoms with Crippen LogP contribution in [0.1, 0.15) is 26.3 Å². The number of benzene rings is 1. The van der Waals surface area contributed by atoms with Crippen molar-refractivity contribution in [2.24, 2.45) is 0 Å². The Hall–Kier alpha value is -1.70. The van der Waals surface area contributed by atoms with Gasteiger partial charge in [0.15, 0.2) is 0 Å². The van der Waals surface area contributed by atoms with E-state index in [4.69, 9.17) is 16.3 Å². The van der Waals surface area contributed by atoms with Gasteiger partial charge in [-0.25, -0.2) is 0 Å². The maximum Gasteiger partial charge on any atom is 0.340 e. The Bertz CT molecular complexity index is 654. The third-order valence-electron chi connectivity index (χ3n) is 3.10. The Morgan fingerprint density at radius 2 is 2.13 bits per heavy atom. The van der Waals surface area contributed by atoms with Crippen molar-refractivity contribution in [2.75, 3.05) is 13.2 Å². The SMILES string of the molecule is Cc1cc(Cl)ccc1-n1nnnc1OCC(O)CNC(C)(C)C. The number of aryl methyl sites for hydroxylation is 1. The monoisotopic (exact) mass is 339 g/mol. The van der Waals surface area contributed by atoms with Gasteiger partial charge in [-0.3, -0.25) is 0 Å². The van der Waals surface area contributed by atoms with Crippen LogP contribution in [0.15, 0.2) is 18.2 Å². The standard InChI is InChI=1S/C15H22ClN5O2/c1-10-7-11(16)5-6-13(10)21-14(18-19-20-21)23-9-12(22)8-17-15(2,3)4/h5-7,12,17,22H,8-9H2,1-4H3. The number of nitrogens with one attached hydrogen (secondary N) is 1. The van der Waals surface area contributed by atoms with Crippen molar-refractivity contribution < 1.29 is 9.84 Å². The van der Waals surface area contributed by atoms with Gasteiger partial charge < -0.3 is 15.2 Å². The van der Waals surface area contributed by atoms with Gasteiger partial charge in [0.05, 0.1) is 5.69 Å². The zero-order valence-corrected chi connectivity index (χ0v) is 14.5. The molecule has 2 rings (SSSR count). The summed E-state index contributed by atoms with van der Waals surface area (Å²) in [5.74, 6) is 0. The van der Waals surface area contributed by atoms with Gasteiger partial charge >= 0.3 is 6.01 Å². The van der Waals surface area contributed by atoms with Crippen molar-refractivity contribution in [1.29, 1.82) is 0 Å². The number of halogens is 1. The molecule has 1 atom stereocenters. The summed E-state index contributed by atoms with van der Waals surface area (Å²) < 4.78 is 7.03. The lowest BCUT2D eigenvalue weighted by Gasteiger charge is -2.22. The maximum absolute atomic E-state index is 9.98. The van der Waals surface area contributed by atoms with Crippen molar-refractivity contribution in [3.8, 4) is 11.7 Å². The van der Waals surface area contributed by atoms with Crippen LogP contribution >= 0.6 is 11.6 Å². The number of hydrogen-bond acceptors (Lipinski definition) is 6. The van der Waals surface area contributed by atoms with Gasteiger partial charge in [0.1, 0.15) is 12.7 Å². The minimum absolute atomic E-state index is 0.0665. The molecule has 0 saturated carbocycles. The normalized spacial score (nSPS) is 13.1. The molecular weight excluding hydrogens is 318 g/mol. The summed E-state index contributed by atoms with van der Waals surface area (Å²) >= 11 is 5.96. The minimum Gasteiger partial charge on any atom is -0.459 e. The van der Waals surface area contributed by atoms with E-state index in [9.17, 15) is 5.11 Å². The number of β-amino-alcohol motifs (C(OH)–C–C–N with tert-alkyl or cyclic N) is 1. The van der Waals surface area contributed by atoms with Gasteiger partial charge in [-0.15, -0.1) is 0 Å². The molecule has 0 aliphatic heterocycles. The summed E-state index contributed by atoms with van der Waals surface area (Å²) in [6.45, 7) is 8.52. The molecule has 0 bridgehead atoms. The first-order chi connectivity index (χ1) is 10.8. The molecule has 1 unspecified atom stereocenters. The molecule has 2 N–H and O–H groups in total. The van der Waals surface area contributed by atoms with Crippen molar-refractivity contribution in [3.63, 3.8) is 0 Å². The van der Waals surface area contributed by atoms with Crippen LogP contribution in [-0.4, -0.2) is 50.1 Å². The molecule has 23 heavy (non-hydrogen) atoms. The predicted molar refractivity (Wildman–Crippen MR) is 88.2 cm³/mol. The third kappa shape index (κ3) is 5.16. The topological polar surface area (TPSA) is 85.1 Å². The first-order valence-electron chi connectivity index (χ1n) is 7.37. The molecule has 0 aliphatic carbocycles. The van der Waals surface area contributed by atoms with Crippen LogP contribution in [-0.2, 0) is 0 Å². The zero-order chi connectivity index (χ0) is 17.0. The first-order valence-corrected chi connectivity index (χ1v) is 7.75. The molecule has 0 radical (unpaired) electrons. The highest BCUT2D eigenvalue weighted by molar-refractivity contribution is 6.30. The quantitative estimate of drug-likeness (QED) is 0.834. The molecule has 0 saturated heterocycles. The Balaban J connectivity index is 2.01. The molecule has 2 aromatic rings. The lowest BCUT2D eigenvalue weighted by molar-refractivity contribution is 0.0938. The Morgan fingerprint density at radius 3 is 2.78 bits per heavy atom. The maximum atomic E-state index is 9.98. The summed E-state index contributed by atoms with van der Waals surface area (Å²) in [6, 6.07) is 5.63. The van der Waals surface area contributed by atoms with Crippen LogP contribution < -0.4 is 10.1 Å². The van der Waals surface area contributed by atoms with Crippen LogP contribution in [0, 0.1) is 6.92 Å². The number of ether oxygens (including phenoxy) is 1. The van der Waals surface area contributed by atoms with E-state index in [-0.39, 0.29) is 18.2 Å². The predicted octanol–water partition coefficient (Wildman–Crippen LogP) is 1.75. The molecule has 7 nitrogen and oxygen atoms in total. The highest BCUT2D eigenvalue weighted by atomic mass is 35.5. The number of tetrazole rings is 1. The summed E-state index contributed by atoms with van der Waals surface area (Å²) in [6.07, 6.45) is -0.661. The van der Waals surface area contributed by atoms with Crippen LogP contribution in [0.4, 0.5) is 0 Å². The molecule has 0 aliphatic rings. The lowest BCUT2D eigenvalue weighted by Crippen LogP contribution is -2.42. The molecule has 126 valence electrons. The van der Waals surface area contributed by atoms with Gasteiger partial charge in [-0.2, -0.15) is 4.68 Å². The number of hydrogen-bond donors (Lipinski definition) is 2. The molecule has 0 amide bonds. The Morgan fingerprint density at radius 1 is 1.39 bits per heavy atom. The number of aliphatic hydroxyl groups is 1. The summed E-state index contributed by atoms with van der Waals surface area (Å²) in [5, 5.41) is 25.3. The molecule has 8 heteroatoms. The molecule has 1 heterocycles. The van der Waals surface area contributed by atoms with Crippen molar-refractivity contribution >= 4 is 11.6 Å². The fraction of sp³-hybridized carbons (Fsp3) is 0.533. The van der Waals surface area contributed by atoms with E-state index in [1.54, 1.807) is 6.07 Å². The lowest BCUT2D eigenvalue weighted by atomic mass is 10.1. The fourth-order valence-corrected chi connectivity index (χ4v) is 2.16. The van der Waals surface area contributed by atoms with E-state index in [0.29, 0.717) is 11.6 Å². The van der Waals surface area contributed by atoms with E-state index >= 15 is 0 Å².